The molecule has 0 saturated carbocycles. The summed E-state index contributed by atoms with van der Waals surface area (Å²) in [6.45, 7) is 9.21. The number of rotatable bonds is 9. The Balaban J connectivity index is 1.88. The molecule has 4 nitrogen and oxygen atoms in total. The van der Waals surface area contributed by atoms with E-state index in [1.54, 1.807) is 13.0 Å². The molecule has 0 aliphatic rings. The minimum Gasteiger partial charge on any atom is -0.493 e. The Bertz CT molecular complexity index is 684. The van der Waals surface area contributed by atoms with E-state index in [4.69, 9.17) is 14.3 Å². The third-order valence-corrected chi connectivity index (χ3v) is 4.46. The van der Waals surface area contributed by atoms with E-state index in [2.05, 4.69) is 20.8 Å². The topological polar surface area (TPSA) is 59.7 Å². The molecule has 1 N–H and O–H groups in total. The Kier molecular flexibility index (Phi) is 6.29. The maximum atomic E-state index is 11.1. The van der Waals surface area contributed by atoms with Gasteiger partial charge in [-0.1, -0.05) is 40.0 Å². The average molecular weight is 332 g/mol. The Morgan fingerprint density at radius 1 is 1.21 bits per heavy atom. The van der Waals surface area contributed by atoms with Crippen LogP contribution in [0, 0.1) is 18.8 Å². The summed E-state index contributed by atoms with van der Waals surface area (Å²) in [4.78, 5) is 11.1. The van der Waals surface area contributed by atoms with Gasteiger partial charge in [0.05, 0.1) is 6.61 Å². The molecule has 1 unspecified atom stereocenters. The molecule has 0 saturated heterocycles. The lowest BCUT2D eigenvalue weighted by molar-refractivity contribution is 0.0664. The Morgan fingerprint density at radius 2 is 1.96 bits per heavy atom. The first-order chi connectivity index (χ1) is 11.4. The highest BCUT2D eigenvalue weighted by Gasteiger charge is 2.16. The molecular formula is C20H28O4. The third-order valence-electron chi connectivity index (χ3n) is 4.46. The van der Waals surface area contributed by atoms with Crippen LogP contribution >= 0.6 is 0 Å². The molecule has 0 aliphatic heterocycles. The zero-order valence-electron chi connectivity index (χ0n) is 15.1. The minimum absolute atomic E-state index is 0.000856. The van der Waals surface area contributed by atoms with E-state index in [1.807, 2.05) is 12.1 Å². The number of aromatic carboxylic acids is 1. The molecule has 132 valence electrons. The van der Waals surface area contributed by atoms with Crippen molar-refractivity contribution in [2.45, 2.75) is 53.4 Å². The Labute approximate surface area is 143 Å². The molecule has 0 spiro atoms. The molecule has 2 rings (SSSR count). The SMILES string of the molecule is Cc1c(C(=O)O)oc2cc(OCCC(C)CCCC(C)C)ccc12. The van der Waals surface area contributed by atoms with Crippen LogP contribution in [0.4, 0.5) is 0 Å². The van der Waals surface area contributed by atoms with Crippen LogP contribution in [0.2, 0.25) is 0 Å². The molecule has 0 fully saturated rings. The molecule has 1 heterocycles. The minimum atomic E-state index is -1.04. The van der Waals surface area contributed by atoms with Gasteiger partial charge in [0, 0.05) is 17.0 Å². The number of carboxylic acid groups (broad SMARTS) is 1. The smallest absolute Gasteiger partial charge is 0.372 e. The van der Waals surface area contributed by atoms with E-state index in [-0.39, 0.29) is 5.76 Å². The fourth-order valence-electron chi connectivity index (χ4n) is 2.90. The summed E-state index contributed by atoms with van der Waals surface area (Å²) in [5, 5.41) is 9.94. The molecular weight excluding hydrogens is 304 g/mol. The highest BCUT2D eigenvalue weighted by Crippen LogP contribution is 2.29. The summed E-state index contributed by atoms with van der Waals surface area (Å²) in [5.41, 5.74) is 1.22. The van der Waals surface area contributed by atoms with Crippen LogP contribution in [0.5, 0.6) is 5.75 Å². The van der Waals surface area contributed by atoms with Gasteiger partial charge in [0.2, 0.25) is 5.76 Å². The average Bonchev–Trinajstić information content (AvgIpc) is 2.84. The van der Waals surface area contributed by atoms with Gasteiger partial charge >= 0.3 is 5.97 Å². The molecule has 1 atom stereocenters. The van der Waals surface area contributed by atoms with Crippen molar-refractivity contribution in [3.8, 4) is 5.75 Å². The molecule has 0 aliphatic carbocycles. The van der Waals surface area contributed by atoms with E-state index in [9.17, 15) is 4.79 Å². The summed E-state index contributed by atoms with van der Waals surface area (Å²) in [6.07, 6.45) is 4.81. The van der Waals surface area contributed by atoms with E-state index in [1.165, 1.54) is 19.3 Å². The molecule has 4 heteroatoms. The lowest BCUT2D eigenvalue weighted by atomic mass is 9.98. The van der Waals surface area contributed by atoms with Crippen LogP contribution in [0.15, 0.2) is 22.6 Å². The first-order valence-electron chi connectivity index (χ1n) is 8.77. The van der Waals surface area contributed by atoms with Crippen molar-refractivity contribution in [3.05, 3.63) is 29.5 Å². The van der Waals surface area contributed by atoms with Gasteiger partial charge in [-0.15, -0.1) is 0 Å². The number of hydrogen-bond donors (Lipinski definition) is 1. The number of furan rings is 1. The van der Waals surface area contributed by atoms with Crippen LogP contribution in [0.1, 0.15) is 62.6 Å². The van der Waals surface area contributed by atoms with E-state index in [0.717, 1.165) is 23.5 Å². The van der Waals surface area contributed by atoms with Crippen LogP contribution in [-0.2, 0) is 0 Å². The van der Waals surface area contributed by atoms with E-state index < -0.39 is 5.97 Å². The van der Waals surface area contributed by atoms with Gasteiger partial charge < -0.3 is 14.3 Å². The fourth-order valence-corrected chi connectivity index (χ4v) is 2.90. The van der Waals surface area contributed by atoms with E-state index >= 15 is 0 Å². The highest BCUT2D eigenvalue weighted by molar-refractivity contribution is 5.95. The van der Waals surface area contributed by atoms with Crippen molar-refractivity contribution in [1.29, 1.82) is 0 Å². The zero-order chi connectivity index (χ0) is 17.7. The Hall–Kier alpha value is -1.97. The van der Waals surface area contributed by atoms with Gasteiger partial charge in [0.15, 0.2) is 0 Å². The van der Waals surface area contributed by atoms with Gasteiger partial charge in [-0.25, -0.2) is 4.79 Å². The first kappa shape index (κ1) is 18.4. The normalized spacial score (nSPS) is 12.7. The van der Waals surface area contributed by atoms with Gasteiger partial charge in [0.25, 0.3) is 0 Å². The number of aryl methyl sites for hydroxylation is 1. The van der Waals surface area contributed by atoms with Crippen LogP contribution in [0.25, 0.3) is 11.0 Å². The summed E-state index contributed by atoms with van der Waals surface area (Å²) in [5.74, 6) is 1.11. The van der Waals surface area contributed by atoms with Gasteiger partial charge in [-0.3, -0.25) is 0 Å². The molecule has 2 aromatic rings. The maximum absolute atomic E-state index is 11.1. The van der Waals surface area contributed by atoms with E-state index in [0.29, 0.717) is 23.7 Å². The fraction of sp³-hybridized carbons (Fsp3) is 0.550. The molecule has 0 radical (unpaired) electrons. The van der Waals surface area contributed by atoms with Crippen molar-refractivity contribution in [3.63, 3.8) is 0 Å². The van der Waals surface area contributed by atoms with Crippen LogP contribution in [-0.4, -0.2) is 17.7 Å². The molecule has 1 aromatic heterocycles. The predicted octanol–water partition coefficient (Wildman–Crippen LogP) is 5.67. The lowest BCUT2D eigenvalue weighted by Gasteiger charge is -2.13. The second kappa shape index (κ2) is 8.22. The third kappa shape index (κ3) is 4.76. The predicted molar refractivity (Wildman–Crippen MR) is 95.9 cm³/mol. The summed E-state index contributed by atoms with van der Waals surface area (Å²) in [6, 6.07) is 5.51. The molecule has 1 aromatic carbocycles. The van der Waals surface area contributed by atoms with Gasteiger partial charge in [-0.2, -0.15) is 0 Å². The summed E-state index contributed by atoms with van der Waals surface area (Å²) < 4.78 is 11.2. The highest BCUT2D eigenvalue weighted by atomic mass is 16.5. The number of ether oxygens (including phenoxy) is 1. The number of hydrogen-bond acceptors (Lipinski definition) is 3. The molecule has 24 heavy (non-hydrogen) atoms. The number of benzene rings is 1. The molecule has 0 amide bonds. The van der Waals surface area contributed by atoms with Crippen molar-refractivity contribution < 1.29 is 19.1 Å². The lowest BCUT2D eigenvalue weighted by Crippen LogP contribution is -2.04. The second-order valence-electron chi connectivity index (χ2n) is 7.09. The van der Waals surface area contributed by atoms with Crippen molar-refractivity contribution in [2.75, 3.05) is 6.61 Å². The van der Waals surface area contributed by atoms with Crippen molar-refractivity contribution in [2.24, 2.45) is 11.8 Å². The number of carbonyl (C=O) groups is 1. The first-order valence-corrected chi connectivity index (χ1v) is 8.77. The number of fused-ring (bicyclic) bond motifs is 1. The summed E-state index contributed by atoms with van der Waals surface area (Å²) >= 11 is 0. The zero-order valence-corrected chi connectivity index (χ0v) is 15.1. The van der Waals surface area contributed by atoms with Crippen LogP contribution < -0.4 is 4.74 Å². The van der Waals surface area contributed by atoms with Gasteiger partial charge in [0.1, 0.15) is 11.3 Å². The van der Waals surface area contributed by atoms with Crippen LogP contribution in [0.3, 0.4) is 0 Å². The second-order valence-corrected chi connectivity index (χ2v) is 7.09. The van der Waals surface area contributed by atoms with Crippen molar-refractivity contribution >= 4 is 16.9 Å². The van der Waals surface area contributed by atoms with Crippen molar-refractivity contribution in [1.82, 2.24) is 0 Å². The largest absolute Gasteiger partial charge is 0.493 e. The number of carboxylic acids is 1. The Morgan fingerprint density at radius 3 is 2.62 bits per heavy atom. The molecule has 0 bridgehead atoms. The monoisotopic (exact) mass is 332 g/mol. The quantitative estimate of drug-likeness (QED) is 0.642. The van der Waals surface area contributed by atoms with Gasteiger partial charge in [-0.05, 0) is 37.3 Å². The summed E-state index contributed by atoms with van der Waals surface area (Å²) in [7, 11) is 0. The standard InChI is InChI=1S/C20H28O4/c1-13(2)6-5-7-14(3)10-11-23-16-8-9-17-15(4)19(20(21)22)24-18(17)12-16/h8-9,12-14H,5-7,10-11H2,1-4H3,(H,21,22). The maximum Gasteiger partial charge on any atom is 0.372 e.